The summed E-state index contributed by atoms with van der Waals surface area (Å²) in [6.45, 7) is 0.442. The summed E-state index contributed by atoms with van der Waals surface area (Å²) in [6, 6.07) is 4.63. The van der Waals surface area contributed by atoms with Gasteiger partial charge in [0.1, 0.15) is 17.8 Å². The highest BCUT2D eigenvalue weighted by Gasteiger charge is 2.04. The molecule has 2 N–H and O–H groups in total. The third kappa shape index (κ3) is 2.32. The van der Waals surface area contributed by atoms with Crippen molar-refractivity contribution >= 4 is 11.8 Å². The summed E-state index contributed by atoms with van der Waals surface area (Å²) >= 11 is 0. The van der Waals surface area contributed by atoms with Gasteiger partial charge in [-0.25, -0.2) is 4.79 Å². The molecule has 0 aliphatic rings. The van der Waals surface area contributed by atoms with Crippen LogP contribution in [-0.2, 0) is 6.54 Å². The largest absolute Gasteiger partial charge is 0.476 e. The van der Waals surface area contributed by atoms with Gasteiger partial charge in [0, 0.05) is 6.07 Å². The maximum atomic E-state index is 10.5. The van der Waals surface area contributed by atoms with Gasteiger partial charge >= 0.3 is 5.97 Å². The number of carbonyl (C=O) groups is 1. The maximum Gasteiger partial charge on any atom is 0.356 e. The minimum atomic E-state index is -1.10. The van der Waals surface area contributed by atoms with Crippen LogP contribution < -0.4 is 5.32 Å². The van der Waals surface area contributed by atoms with E-state index < -0.39 is 5.97 Å². The van der Waals surface area contributed by atoms with Gasteiger partial charge in [0.2, 0.25) is 0 Å². The number of anilines is 1. The van der Waals surface area contributed by atoms with Crippen molar-refractivity contribution < 1.29 is 14.4 Å². The molecule has 0 saturated heterocycles. The maximum absolute atomic E-state index is 10.5. The predicted octanol–water partition coefficient (Wildman–Crippen LogP) is 0.775. The molecule has 7 nitrogen and oxygen atoms in total. The summed E-state index contributed by atoms with van der Waals surface area (Å²) in [5.74, 6) is -0.622. The molecule has 16 heavy (non-hydrogen) atoms. The predicted molar refractivity (Wildman–Crippen MR) is 52.8 cm³/mol. The fraction of sp³-hybridized carbons (Fsp3) is 0.111. The third-order valence-electron chi connectivity index (χ3n) is 1.83. The second-order valence-electron chi connectivity index (χ2n) is 2.95. The van der Waals surface area contributed by atoms with E-state index in [4.69, 9.17) is 5.11 Å². The van der Waals surface area contributed by atoms with E-state index in [0.29, 0.717) is 12.4 Å². The van der Waals surface area contributed by atoms with Crippen LogP contribution in [-0.4, -0.2) is 26.4 Å². The van der Waals surface area contributed by atoms with Crippen molar-refractivity contribution in [1.82, 2.24) is 15.4 Å². The molecule has 0 aliphatic carbocycles. The highest BCUT2D eigenvalue weighted by molar-refractivity contribution is 5.85. The minimum absolute atomic E-state index is 0.0908. The molecule has 0 aliphatic heterocycles. The van der Waals surface area contributed by atoms with Crippen molar-refractivity contribution in [2.45, 2.75) is 6.54 Å². The van der Waals surface area contributed by atoms with Crippen LogP contribution in [0.4, 0.5) is 5.82 Å². The van der Waals surface area contributed by atoms with Crippen molar-refractivity contribution in [2.24, 2.45) is 0 Å². The monoisotopic (exact) mass is 220 g/mol. The Kier molecular flexibility index (Phi) is 2.77. The fourth-order valence-electron chi connectivity index (χ4n) is 1.05. The van der Waals surface area contributed by atoms with Gasteiger partial charge in [-0.3, -0.25) is 0 Å². The number of aromatic nitrogens is 3. The molecule has 0 bridgehead atoms. The lowest BCUT2D eigenvalue weighted by molar-refractivity contribution is 0.0689. The molecule has 82 valence electrons. The Labute approximate surface area is 90.1 Å². The van der Waals surface area contributed by atoms with Gasteiger partial charge in [-0.1, -0.05) is 5.16 Å². The number of hydrogen-bond donors (Lipinski definition) is 2. The number of nitrogens with zero attached hydrogens (tertiary/aromatic N) is 3. The number of aromatic carboxylic acids is 1. The van der Waals surface area contributed by atoms with E-state index in [9.17, 15) is 4.79 Å². The molecule has 0 saturated carbocycles. The van der Waals surface area contributed by atoms with Gasteiger partial charge in [0.15, 0.2) is 5.69 Å². The fourth-order valence-corrected chi connectivity index (χ4v) is 1.05. The first-order chi connectivity index (χ1) is 7.75. The van der Waals surface area contributed by atoms with Gasteiger partial charge in [-0.15, -0.1) is 10.2 Å². The van der Waals surface area contributed by atoms with Gasteiger partial charge in [0.25, 0.3) is 0 Å². The average Bonchev–Trinajstić information content (AvgIpc) is 2.80. The number of carboxylic acid groups (broad SMARTS) is 1. The Morgan fingerprint density at radius 1 is 1.38 bits per heavy atom. The van der Waals surface area contributed by atoms with Crippen LogP contribution in [0.3, 0.4) is 0 Å². The van der Waals surface area contributed by atoms with E-state index in [1.807, 2.05) is 0 Å². The van der Waals surface area contributed by atoms with Crippen molar-refractivity contribution in [3.05, 3.63) is 35.9 Å². The molecule has 0 atom stereocenters. The standard InChI is InChI=1S/C9H8N4O3/c14-9(15)7-1-2-8(12-11-7)10-5-6-3-4-16-13-6/h1-4H,5H2,(H,10,12)(H,14,15). The van der Waals surface area contributed by atoms with E-state index >= 15 is 0 Å². The summed E-state index contributed by atoms with van der Waals surface area (Å²) in [4.78, 5) is 10.5. The van der Waals surface area contributed by atoms with Gasteiger partial charge in [-0.2, -0.15) is 0 Å². The lowest BCUT2D eigenvalue weighted by Gasteiger charge is -2.01. The summed E-state index contributed by atoms with van der Waals surface area (Å²) in [5, 5.41) is 22.5. The topological polar surface area (TPSA) is 101 Å². The normalized spacial score (nSPS) is 10.0. The molecule has 7 heteroatoms. The van der Waals surface area contributed by atoms with Crippen molar-refractivity contribution in [1.29, 1.82) is 0 Å². The second kappa shape index (κ2) is 4.39. The lowest BCUT2D eigenvalue weighted by Crippen LogP contribution is -2.06. The quantitative estimate of drug-likeness (QED) is 0.784. The molecule has 2 aromatic rings. The molecule has 0 fully saturated rings. The number of nitrogens with one attached hydrogen (secondary N) is 1. The number of hydrogen-bond acceptors (Lipinski definition) is 6. The molecule has 0 unspecified atom stereocenters. The van der Waals surface area contributed by atoms with Crippen molar-refractivity contribution in [2.75, 3.05) is 5.32 Å². The highest BCUT2D eigenvalue weighted by Crippen LogP contribution is 2.04. The van der Waals surface area contributed by atoms with Gasteiger partial charge < -0.3 is 14.9 Å². The van der Waals surface area contributed by atoms with Crippen LogP contribution in [0, 0.1) is 0 Å². The number of rotatable bonds is 4. The van der Waals surface area contributed by atoms with Crippen LogP contribution in [0.2, 0.25) is 0 Å². The van der Waals surface area contributed by atoms with Crippen LogP contribution in [0.25, 0.3) is 0 Å². The van der Waals surface area contributed by atoms with E-state index in [2.05, 4.69) is 25.2 Å². The second-order valence-corrected chi connectivity index (χ2v) is 2.95. The molecular formula is C9H8N4O3. The molecule has 2 heterocycles. The van der Waals surface area contributed by atoms with Crippen LogP contribution in [0.1, 0.15) is 16.2 Å². The van der Waals surface area contributed by atoms with E-state index in [1.54, 1.807) is 6.07 Å². The Morgan fingerprint density at radius 2 is 2.25 bits per heavy atom. The summed E-state index contributed by atoms with van der Waals surface area (Å²) in [6.07, 6.45) is 1.47. The molecule has 0 aromatic carbocycles. The Hall–Kier alpha value is -2.44. The Bertz CT molecular complexity index is 466. The third-order valence-corrected chi connectivity index (χ3v) is 1.83. The van der Waals surface area contributed by atoms with Crippen molar-refractivity contribution in [3.63, 3.8) is 0 Å². The molecule has 0 spiro atoms. The lowest BCUT2D eigenvalue weighted by atomic mass is 10.4. The molecular weight excluding hydrogens is 212 g/mol. The summed E-state index contributed by atoms with van der Waals surface area (Å²) < 4.78 is 4.65. The smallest absolute Gasteiger partial charge is 0.356 e. The first-order valence-electron chi connectivity index (χ1n) is 4.46. The summed E-state index contributed by atoms with van der Waals surface area (Å²) in [5.41, 5.74) is 0.635. The highest BCUT2D eigenvalue weighted by atomic mass is 16.5. The van der Waals surface area contributed by atoms with E-state index in [-0.39, 0.29) is 5.69 Å². The number of carboxylic acids is 1. The van der Waals surface area contributed by atoms with Crippen LogP contribution in [0.5, 0.6) is 0 Å². The molecule has 0 amide bonds. The summed E-state index contributed by atoms with van der Waals surface area (Å²) in [7, 11) is 0. The first-order valence-corrected chi connectivity index (χ1v) is 4.46. The van der Waals surface area contributed by atoms with Gasteiger partial charge in [0.05, 0.1) is 6.54 Å². The SMILES string of the molecule is O=C(O)c1ccc(NCc2ccon2)nn1. The van der Waals surface area contributed by atoms with Gasteiger partial charge in [-0.05, 0) is 12.1 Å². The van der Waals surface area contributed by atoms with E-state index in [1.165, 1.54) is 18.4 Å². The molecule has 0 radical (unpaired) electrons. The van der Waals surface area contributed by atoms with Crippen molar-refractivity contribution in [3.8, 4) is 0 Å². The van der Waals surface area contributed by atoms with Crippen LogP contribution >= 0.6 is 0 Å². The molecule has 2 rings (SSSR count). The Balaban J connectivity index is 1.98. The Morgan fingerprint density at radius 3 is 2.81 bits per heavy atom. The van der Waals surface area contributed by atoms with E-state index in [0.717, 1.165) is 5.69 Å². The zero-order chi connectivity index (χ0) is 11.4. The average molecular weight is 220 g/mol. The zero-order valence-electron chi connectivity index (χ0n) is 8.12. The first kappa shape index (κ1) is 10.1. The zero-order valence-corrected chi connectivity index (χ0v) is 8.12. The minimum Gasteiger partial charge on any atom is -0.476 e. The molecule has 2 aromatic heterocycles. The van der Waals surface area contributed by atoms with Crippen LogP contribution in [0.15, 0.2) is 29.0 Å².